The zero-order valence-electron chi connectivity index (χ0n) is 21.2. The van der Waals surface area contributed by atoms with Crippen LogP contribution in [0.1, 0.15) is 23.4 Å². The Hall–Kier alpha value is -5.05. The molecule has 0 radical (unpaired) electrons. The van der Waals surface area contributed by atoms with Crippen LogP contribution in [0, 0.1) is 0 Å². The fourth-order valence-corrected chi connectivity index (χ4v) is 3.81. The Morgan fingerprint density at radius 2 is 1.25 bits per heavy atom. The van der Waals surface area contributed by atoms with Gasteiger partial charge in [0.15, 0.2) is 0 Å². The molecular formula is C25H30N8O7. The van der Waals surface area contributed by atoms with Gasteiger partial charge in [-0.25, -0.2) is 14.8 Å². The number of nitrogens with two attached hydrogens (primary N) is 1. The lowest BCUT2D eigenvalue weighted by Crippen LogP contribution is -2.58. The highest BCUT2D eigenvalue weighted by Gasteiger charge is 2.32. The van der Waals surface area contributed by atoms with Gasteiger partial charge in [-0.05, 0) is 12.0 Å². The summed E-state index contributed by atoms with van der Waals surface area (Å²) in [5.74, 6) is -5.30. The van der Waals surface area contributed by atoms with E-state index in [9.17, 15) is 29.1 Å². The number of aromatic amines is 2. The van der Waals surface area contributed by atoms with Gasteiger partial charge in [0.25, 0.3) is 0 Å². The number of carboxylic acid groups (broad SMARTS) is 2. The molecule has 2 aromatic heterocycles. The molecular weight excluding hydrogens is 524 g/mol. The minimum atomic E-state index is -1.73. The van der Waals surface area contributed by atoms with Crippen molar-refractivity contribution in [1.29, 1.82) is 0 Å². The van der Waals surface area contributed by atoms with E-state index in [1.54, 1.807) is 0 Å². The number of amides is 3. The Morgan fingerprint density at radius 1 is 0.750 bits per heavy atom. The summed E-state index contributed by atoms with van der Waals surface area (Å²) < 4.78 is 0. The van der Waals surface area contributed by atoms with E-state index in [4.69, 9.17) is 10.8 Å². The van der Waals surface area contributed by atoms with Crippen LogP contribution in [0.2, 0.25) is 0 Å². The average Bonchev–Trinajstić information content (AvgIpc) is 3.62. The van der Waals surface area contributed by atoms with E-state index < -0.39 is 60.2 Å². The number of aromatic nitrogens is 4. The number of H-pyrrole nitrogens is 2. The number of hydrogen-bond donors (Lipinski definition) is 8. The van der Waals surface area contributed by atoms with Gasteiger partial charge in [-0.2, -0.15) is 0 Å². The first kappa shape index (κ1) is 29.5. The summed E-state index contributed by atoms with van der Waals surface area (Å²) in [5.41, 5.74) is 7.86. The second kappa shape index (κ2) is 14.2. The molecule has 9 N–H and O–H groups in total. The minimum Gasteiger partial charge on any atom is -0.481 e. The number of carboxylic acids is 2. The number of aliphatic carboxylic acids is 2. The highest BCUT2D eigenvalue weighted by Crippen LogP contribution is 2.06. The first-order chi connectivity index (χ1) is 19.1. The summed E-state index contributed by atoms with van der Waals surface area (Å²) in [6.07, 6.45) is 4.82. The molecule has 2 heterocycles. The average molecular weight is 555 g/mol. The standard InChI is InChI=1S/C25H30N8O7/c26-17(6-14-4-2-1-3-5-14)22(36)31-18(7-15-10-27-12-29-15)23(37)32-19(8-16-11-28-13-30-16)24(38)33-20(25(39)40)9-21(34)35/h1-5,10-13,17-20H,6-9,26H2,(H,27,29)(H,28,30)(H,31,36)(H,32,37)(H,33,38)(H,34,35)(H,39,40). The van der Waals surface area contributed by atoms with Crippen LogP contribution >= 0.6 is 0 Å². The van der Waals surface area contributed by atoms with Gasteiger partial charge < -0.3 is 41.9 Å². The highest BCUT2D eigenvalue weighted by atomic mass is 16.4. The molecule has 3 rings (SSSR count). The van der Waals surface area contributed by atoms with Gasteiger partial charge in [-0.3, -0.25) is 19.2 Å². The fraction of sp³-hybridized carbons (Fsp3) is 0.320. The van der Waals surface area contributed by atoms with Gasteiger partial charge in [-0.15, -0.1) is 0 Å². The van der Waals surface area contributed by atoms with E-state index in [0.717, 1.165) is 5.56 Å². The maximum atomic E-state index is 13.4. The van der Waals surface area contributed by atoms with Gasteiger partial charge in [-0.1, -0.05) is 30.3 Å². The third kappa shape index (κ3) is 9.05. The van der Waals surface area contributed by atoms with Crippen molar-refractivity contribution in [2.75, 3.05) is 0 Å². The first-order valence-electron chi connectivity index (χ1n) is 12.2. The largest absolute Gasteiger partial charge is 0.481 e. The van der Waals surface area contributed by atoms with Crippen molar-refractivity contribution >= 4 is 29.7 Å². The van der Waals surface area contributed by atoms with Crippen LogP contribution in [-0.2, 0) is 43.2 Å². The van der Waals surface area contributed by atoms with Crippen LogP contribution in [0.15, 0.2) is 55.4 Å². The Bertz CT molecular complexity index is 1280. The van der Waals surface area contributed by atoms with Gasteiger partial charge in [0.05, 0.1) is 25.1 Å². The molecule has 0 saturated heterocycles. The monoisotopic (exact) mass is 554 g/mol. The smallest absolute Gasteiger partial charge is 0.326 e. The lowest BCUT2D eigenvalue weighted by molar-refractivity contribution is -0.147. The highest BCUT2D eigenvalue weighted by molar-refractivity contribution is 5.95. The van der Waals surface area contributed by atoms with E-state index in [2.05, 4.69) is 35.9 Å². The van der Waals surface area contributed by atoms with Gasteiger partial charge >= 0.3 is 11.9 Å². The third-order valence-electron chi connectivity index (χ3n) is 5.85. The summed E-state index contributed by atoms with van der Waals surface area (Å²) in [7, 11) is 0. The van der Waals surface area contributed by atoms with E-state index in [1.807, 2.05) is 30.3 Å². The van der Waals surface area contributed by atoms with Gasteiger partial charge in [0, 0.05) is 36.6 Å². The lowest BCUT2D eigenvalue weighted by atomic mass is 10.0. The molecule has 3 aromatic rings. The number of nitrogens with one attached hydrogen (secondary N) is 5. The summed E-state index contributed by atoms with van der Waals surface area (Å²) in [4.78, 5) is 75.3. The van der Waals surface area contributed by atoms with Gasteiger partial charge in [0.1, 0.15) is 18.1 Å². The number of nitrogens with zero attached hydrogens (tertiary/aromatic N) is 2. The Labute approximate surface area is 228 Å². The topological polar surface area (TPSA) is 245 Å². The Morgan fingerprint density at radius 3 is 1.70 bits per heavy atom. The number of carbonyl (C=O) groups is 5. The van der Waals surface area contributed by atoms with Crippen molar-refractivity contribution in [1.82, 2.24) is 35.9 Å². The number of carbonyl (C=O) groups excluding carboxylic acids is 3. The number of rotatable bonds is 15. The van der Waals surface area contributed by atoms with Crippen molar-refractivity contribution in [2.45, 2.75) is 49.9 Å². The SMILES string of the molecule is NC(Cc1ccccc1)C(=O)NC(Cc1cnc[nH]1)C(=O)NC(Cc1cnc[nH]1)C(=O)NC(CC(=O)O)C(=O)O. The third-order valence-corrected chi connectivity index (χ3v) is 5.85. The summed E-state index contributed by atoms with van der Waals surface area (Å²) in [6, 6.07) is 3.83. The molecule has 1 aromatic carbocycles. The number of imidazole rings is 2. The molecule has 40 heavy (non-hydrogen) atoms. The molecule has 0 spiro atoms. The molecule has 4 unspecified atom stereocenters. The quantitative estimate of drug-likeness (QED) is 0.108. The van der Waals surface area contributed by atoms with Crippen LogP contribution < -0.4 is 21.7 Å². The van der Waals surface area contributed by atoms with Crippen molar-refractivity contribution in [3.8, 4) is 0 Å². The molecule has 0 saturated carbocycles. The summed E-state index contributed by atoms with van der Waals surface area (Å²) >= 11 is 0. The van der Waals surface area contributed by atoms with E-state index in [1.165, 1.54) is 25.0 Å². The maximum Gasteiger partial charge on any atom is 0.326 e. The zero-order chi connectivity index (χ0) is 29.1. The van der Waals surface area contributed by atoms with Crippen molar-refractivity contribution in [3.05, 3.63) is 72.3 Å². The molecule has 15 heteroatoms. The molecule has 0 aliphatic carbocycles. The molecule has 4 atom stereocenters. The second-order valence-electron chi connectivity index (χ2n) is 8.98. The number of hydrogen-bond acceptors (Lipinski definition) is 8. The minimum absolute atomic E-state index is 0.0230. The zero-order valence-corrected chi connectivity index (χ0v) is 21.2. The summed E-state index contributed by atoms with van der Waals surface area (Å²) in [6.45, 7) is 0. The van der Waals surface area contributed by atoms with Crippen LogP contribution in [0.4, 0.5) is 0 Å². The van der Waals surface area contributed by atoms with E-state index in [-0.39, 0.29) is 19.3 Å². The van der Waals surface area contributed by atoms with Gasteiger partial charge in [0.2, 0.25) is 17.7 Å². The molecule has 0 bridgehead atoms. The maximum absolute atomic E-state index is 13.4. The molecule has 15 nitrogen and oxygen atoms in total. The lowest BCUT2D eigenvalue weighted by Gasteiger charge is -2.24. The summed E-state index contributed by atoms with van der Waals surface area (Å²) in [5, 5.41) is 25.6. The van der Waals surface area contributed by atoms with Crippen LogP contribution in [0.5, 0.6) is 0 Å². The van der Waals surface area contributed by atoms with Crippen LogP contribution in [0.3, 0.4) is 0 Å². The van der Waals surface area contributed by atoms with Crippen LogP contribution in [-0.4, -0.2) is 84.0 Å². The van der Waals surface area contributed by atoms with E-state index >= 15 is 0 Å². The van der Waals surface area contributed by atoms with Crippen molar-refractivity contribution < 1.29 is 34.2 Å². The molecule has 3 amide bonds. The van der Waals surface area contributed by atoms with Crippen molar-refractivity contribution in [2.24, 2.45) is 5.73 Å². The predicted octanol–water partition coefficient (Wildman–Crippen LogP) is -1.50. The number of benzene rings is 1. The van der Waals surface area contributed by atoms with Crippen molar-refractivity contribution in [3.63, 3.8) is 0 Å². The van der Waals surface area contributed by atoms with Crippen LogP contribution in [0.25, 0.3) is 0 Å². The predicted molar refractivity (Wildman–Crippen MR) is 138 cm³/mol. The molecule has 212 valence electrons. The normalized spacial score (nSPS) is 13.8. The Balaban J connectivity index is 1.77. The second-order valence-corrected chi connectivity index (χ2v) is 8.98. The molecule has 0 fully saturated rings. The molecule has 0 aliphatic rings. The fourth-order valence-electron chi connectivity index (χ4n) is 3.81. The Kier molecular flexibility index (Phi) is 10.5. The van der Waals surface area contributed by atoms with E-state index in [0.29, 0.717) is 11.4 Å². The first-order valence-corrected chi connectivity index (χ1v) is 12.2. The molecule has 0 aliphatic heterocycles.